The number of sulfonamides is 1. The van der Waals surface area contributed by atoms with Crippen molar-refractivity contribution in [1.29, 1.82) is 0 Å². The molecule has 6 rings (SSSR count). The maximum absolute atomic E-state index is 14.4. The van der Waals surface area contributed by atoms with Crippen molar-refractivity contribution in [2.75, 3.05) is 13.7 Å². The van der Waals surface area contributed by atoms with Crippen molar-refractivity contribution in [3.8, 4) is 11.6 Å². The van der Waals surface area contributed by atoms with Crippen LogP contribution in [0.1, 0.15) is 91.2 Å². The number of hydrogen-bond donors (Lipinski definition) is 4. The molecule has 2 saturated carbocycles. The molecule has 4 N–H and O–H groups in total. The van der Waals surface area contributed by atoms with E-state index in [1.807, 2.05) is 39.8 Å². The van der Waals surface area contributed by atoms with E-state index >= 15 is 0 Å². The molecule has 0 spiro atoms. The summed E-state index contributed by atoms with van der Waals surface area (Å²) in [7, 11) is -2.46. The number of carboxylic acid groups (broad SMARTS) is 1. The van der Waals surface area contributed by atoms with Gasteiger partial charge in [0.2, 0.25) is 27.7 Å². The number of rotatable bonds is 8. The maximum Gasteiger partial charge on any atom is 0.405 e. The normalized spacial score (nSPS) is 30.0. The van der Waals surface area contributed by atoms with Crippen LogP contribution in [0, 0.1) is 17.8 Å². The molecule has 3 fully saturated rings. The lowest BCUT2D eigenvalue weighted by atomic mass is 9.88. The van der Waals surface area contributed by atoms with Gasteiger partial charge in [0.05, 0.1) is 29.4 Å². The van der Waals surface area contributed by atoms with E-state index in [0.29, 0.717) is 48.2 Å². The molecule has 0 bridgehead atoms. The highest BCUT2D eigenvalue weighted by Gasteiger charge is 2.63. The number of allylic oxidation sites excluding steroid dienone is 1. The Kier molecular flexibility index (Phi) is 10.4. The molecule has 1 saturated heterocycles. The Hall–Kier alpha value is -4.47. The number of amides is 4. The second kappa shape index (κ2) is 14.4. The fraction of sp³-hybridized carbons (Fsp3) is 0.622. The summed E-state index contributed by atoms with van der Waals surface area (Å²) in [6, 6.07) is 2.97. The van der Waals surface area contributed by atoms with Crippen LogP contribution in [0.4, 0.5) is 4.79 Å². The third-order valence-corrected chi connectivity index (χ3v) is 13.4. The van der Waals surface area contributed by atoms with Crippen LogP contribution in [0.25, 0.3) is 11.0 Å². The Morgan fingerprint density at radius 1 is 1.11 bits per heavy atom. The van der Waals surface area contributed by atoms with Crippen molar-refractivity contribution < 1.29 is 42.2 Å². The van der Waals surface area contributed by atoms with E-state index in [4.69, 9.17) is 19.4 Å². The summed E-state index contributed by atoms with van der Waals surface area (Å²) < 4.78 is 39.3. The van der Waals surface area contributed by atoms with Gasteiger partial charge in [0.25, 0.3) is 5.91 Å². The first kappa shape index (κ1) is 38.3. The number of nitrogens with one attached hydrogen (secondary N) is 3. The van der Waals surface area contributed by atoms with Gasteiger partial charge >= 0.3 is 6.09 Å². The van der Waals surface area contributed by atoms with Crippen LogP contribution >= 0.6 is 0 Å². The van der Waals surface area contributed by atoms with E-state index in [1.165, 1.54) is 4.90 Å². The SMILES string of the molecule is COc1ccc2nc(C(C)C)c(O[C@@H]3C[C@H]4C(=O)N[C@]5(C(=O)NS(=O)(=O)C6(C)CC6)C[C@H]5C=CCC[C@@H](C)C[C@@H](C)[C@H](NC(=O)O)C(=O)N4C3)nc2c1. The molecule has 0 radical (unpaired) electrons. The van der Waals surface area contributed by atoms with Gasteiger partial charge in [-0.3, -0.25) is 19.1 Å². The molecule has 0 unspecified atom stereocenters. The van der Waals surface area contributed by atoms with E-state index in [9.17, 15) is 32.7 Å². The highest BCUT2D eigenvalue weighted by molar-refractivity contribution is 7.91. The molecule has 16 heteroatoms. The predicted octanol–water partition coefficient (Wildman–Crippen LogP) is 3.63. The molecule has 1 aromatic heterocycles. The topological polar surface area (TPSA) is 206 Å². The van der Waals surface area contributed by atoms with Crippen LogP contribution in [0.2, 0.25) is 0 Å². The molecule has 3 heterocycles. The standard InChI is InChI=1S/C37H50N6O9S/c1-20(2)29-32(39-27-16-24(51-6)11-12-26(27)38-29)52-25-17-28-31(44)41-37(34(46)42-53(49,50)36(5)13-14-36)18-23(37)10-8-7-9-21(3)15-22(4)30(40-35(47)48)33(45)43(28)19-25/h8,10-12,16,20-23,25,28,30,40H,7,9,13-15,17-19H2,1-6H3,(H,41,44)(H,42,46)(H,47,48)/t21-,22-,23-,25-,28+,30+,37-/m1/s1. The molecule has 4 amide bonds. The van der Waals surface area contributed by atoms with Crippen molar-refractivity contribution >= 4 is 44.9 Å². The lowest BCUT2D eigenvalue weighted by Crippen LogP contribution is -2.59. The lowest BCUT2D eigenvalue weighted by Gasteiger charge is -2.32. The van der Waals surface area contributed by atoms with Crippen LogP contribution in [0.5, 0.6) is 11.6 Å². The molecule has 4 aliphatic rings. The van der Waals surface area contributed by atoms with E-state index in [2.05, 4.69) is 15.4 Å². The van der Waals surface area contributed by atoms with Gasteiger partial charge in [-0.2, -0.15) is 0 Å². The minimum absolute atomic E-state index is 0.00785. The monoisotopic (exact) mass is 754 g/mol. The van der Waals surface area contributed by atoms with Crippen molar-refractivity contribution in [1.82, 2.24) is 30.2 Å². The highest BCUT2D eigenvalue weighted by atomic mass is 32.2. The van der Waals surface area contributed by atoms with Gasteiger partial charge < -0.3 is 30.1 Å². The molecule has 53 heavy (non-hydrogen) atoms. The van der Waals surface area contributed by atoms with Gasteiger partial charge in [-0.25, -0.2) is 23.2 Å². The van der Waals surface area contributed by atoms with Gasteiger partial charge in [-0.1, -0.05) is 39.8 Å². The molecule has 2 aliphatic carbocycles. The summed E-state index contributed by atoms with van der Waals surface area (Å²) in [4.78, 5) is 65.5. The minimum atomic E-state index is -4.01. The zero-order valence-corrected chi connectivity index (χ0v) is 31.9. The molecule has 288 valence electrons. The summed E-state index contributed by atoms with van der Waals surface area (Å²) in [5.41, 5.74) is 0.181. The largest absolute Gasteiger partial charge is 0.497 e. The first-order valence-corrected chi connectivity index (χ1v) is 19.8. The van der Waals surface area contributed by atoms with E-state index < -0.39 is 74.1 Å². The zero-order chi connectivity index (χ0) is 38.5. The molecule has 2 aliphatic heterocycles. The molecular weight excluding hydrogens is 705 g/mol. The summed E-state index contributed by atoms with van der Waals surface area (Å²) in [6.07, 6.45) is 4.58. The average Bonchev–Trinajstić information content (AvgIpc) is 3.97. The van der Waals surface area contributed by atoms with Crippen molar-refractivity contribution in [2.45, 2.75) is 114 Å². The highest BCUT2D eigenvalue weighted by Crippen LogP contribution is 2.47. The van der Waals surface area contributed by atoms with Crippen LogP contribution in [-0.2, 0) is 24.4 Å². The number of carbonyl (C=O) groups is 4. The molecule has 15 nitrogen and oxygen atoms in total. The number of aromatic nitrogens is 2. The number of methoxy groups -OCH3 is 1. The van der Waals surface area contributed by atoms with Gasteiger partial charge in [0.1, 0.15) is 35.2 Å². The first-order valence-electron chi connectivity index (χ1n) is 18.3. The summed E-state index contributed by atoms with van der Waals surface area (Å²) in [5, 5.41) is 15.1. The molecule has 1 aromatic carbocycles. The number of ether oxygens (including phenoxy) is 2. The van der Waals surface area contributed by atoms with Gasteiger partial charge in [0, 0.05) is 24.3 Å². The third-order valence-electron chi connectivity index (χ3n) is 11.2. The Morgan fingerprint density at radius 3 is 2.51 bits per heavy atom. The van der Waals surface area contributed by atoms with Gasteiger partial charge in [0.15, 0.2) is 0 Å². The zero-order valence-electron chi connectivity index (χ0n) is 31.0. The van der Waals surface area contributed by atoms with Crippen LogP contribution < -0.4 is 24.8 Å². The first-order chi connectivity index (χ1) is 25.0. The molecular formula is C37H50N6O9S. The van der Waals surface area contributed by atoms with Crippen LogP contribution in [0.15, 0.2) is 30.4 Å². The second-order valence-corrected chi connectivity index (χ2v) is 18.0. The Morgan fingerprint density at radius 2 is 1.85 bits per heavy atom. The summed E-state index contributed by atoms with van der Waals surface area (Å²) in [6.45, 7) is 9.23. The quantitative estimate of drug-likeness (QED) is 0.286. The number of nitrogens with zero attached hydrogens (tertiary/aromatic N) is 3. The van der Waals surface area contributed by atoms with Crippen LogP contribution in [0.3, 0.4) is 0 Å². The van der Waals surface area contributed by atoms with Crippen LogP contribution in [-0.4, -0.2) is 94.3 Å². The Balaban J connectivity index is 1.36. The second-order valence-electron chi connectivity index (χ2n) is 15.8. The Bertz CT molecular complexity index is 1930. The van der Waals surface area contributed by atoms with Crippen molar-refractivity contribution in [2.24, 2.45) is 17.8 Å². The van der Waals surface area contributed by atoms with E-state index in [-0.39, 0.29) is 37.1 Å². The van der Waals surface area contributed by atoms with Crippen molar-refractivity contribution in [3.05, 3.63) is 36.0 Å². The maximum atomic E-state index is 14.4. The van der Waals surface area contributed by atoms with E-state index in [0.717, 1.165) is 6.42 Å². The van der Waals surface area contributed by atoms with Gasteiger partial charge in [-0.05, 0) is 69.4 Å². The fourth-order valence-electron chi connectivity index (χ4n) is 7.51. The number of benzene rings is 1. The fourth-order valence-corrected chi connectivity index (χ4v) is 8.82. The third kappa shape index (κ3) is 7.78. The summed E-state index contributed by atoms with van der Waals surface area (Å²) in [5.74, 6) is -2.15. The predicted molar refractivity (Wildman–Crippen MR) is 195 cm³/mol. The molecule has 2 aromatic rings. The summed E-state index contributed by atoms with van der Waals surface area (Å²) >= 11 is 0. The number of hydrogen-bond acceptors (Lipinski definition) is 10. The number of carbonyl (C=O) groups excluding carboxylic acids is 3. The van der Waals surface area contributed by atoms with Gasteiger partial charge in [-0.15, -0.1) is 0 Å². The average molecular weight is 755 g/mol. The number of fused-ring (bicyclic) bond motifs is 3. The molecule has 7 atom stereocenters. The van der Waals surface area contributed by atoms with E-state index in [1.54, 1.807) is 32.2 Å². The minimum Gasteiger partial charge on any atom is -0.497 e. The van der Waals surface area contributed by atoms with Crippen molar-refractivity contribution in [3.63, 3.8) is 0 Å². The smallest absolute Gasteiger partial charge is 0.405 e. The lowest BCUT2D eigenvalue weighted by molar-refractivity contribution is -0.142. The Labute approximate surface area is 309 Å².